The van der Waals surface area contributed by atoms with Crippen LogP contribution in [0.3, 0.4) is 0 Å². The van der Waals surface area contributed by atoms with E-state index in [2.05, 4.69) is 0 Å². The van der Waals surface area contributed by atoms with E-state index in [1.165, 1.54) is 0 Å². The van der Waals surface area contributed by atoms with Crippen LogP contribution in [0.15, 0.2) is 18.2 Å². The Bertz CT molecular complexity index is 370. The van der Waals surface area contributed by atoms with E-state index in [0.717, 1.165) is 12.8 Å². The molecule has 1 aromatic rings. The van der Waals surface area contributed by atoms with Crippen molar-refractivity contribution < 1.29 is 9.53 Å². The van der Waals surface area contributed by atoms with E-state index in [4.69, 9.17) is 10.5 Å². The fraction of sp³-hybridized carbons (Fsp3) is 0.364. The number of rotatable bonds is 3. The van der Waals surface area contributed by atoms with Crippen LogP contribution in [0, 0.1) is 5.92 Å². The number of ether oxygens (including phenoxy) is 1. The third kappa shape index (κ3) is 1.58. The normalized spacial score (nSPS) is 15.2. The van der Waals surface area contributed by atoms with Crippen molar-refractivity contribution >= 4 is 11.5 Å². The Morgan fingerprint density at radius 3 is 2.71 bits per heavy atom. The number of anilines is 1. The molecule has 1 fully saturated rings. The topological polar surface area (TPSA) is 52.3 Å². The second-order valence-corrected chi connectivity index (χ2v) is 3.60. The van der Waals surface area contributed by atoms with Crippen LogP contribution in [0.4, 0.5) is 5.69 Å². The van der Waals surface area contributed by atoms with Crippen molar-refractivity contribution in [2.45, 2.75) is 12.8 Å². The predicted molar refractivity (Wildman–Crippen MR) is 54.5 cm³/mol. The average molecular weight is 191 g/mol. The van der Waals surface area contributed by atoms with Crippen LogP contribution in [0.25, 0.3) is 0 Å². The van der Waals surface area contributed by atoms with Gasteiger partial charge in [-0.2, -0.15) is 0 Å². The lowest BCUT2D eigenvalue weighted by Gasteiger charge is -2.05. The summed E-state index contributed by atoms with van der Waals surface area (Å²) in [5.41, 5.74) is 6.94. The average Bonchev–Trinajstić information content (AvgIpc) is 3.00. The molecule has 3 nitrogen and oxygen atoms in total. The molecule has 0 unspecified atom stereocenters. The summed E-state index contributed by atoms with van der Waals surface area (Å²) < 4.78 is 5.02. The van der Waals surface area contributed by atoms with Crippen molar-refractivity contribution in [3.63, 3.8) is 0 Å². The molecule has 1 aromatic carbocycles. The lowest BCUT2D eigenvalue weighted by atomic mass is 10.1. The minimum absolute atomic E-state index is 0.208. The molecule has 0 heterocycles. The number of carbonyl (C=O) groups is 1. The second kappa shape index (κ2) is 3.33. The van der Waals surface area contributed by atoms with Crippen LogP contribution in [0.1, 0.15) is 23.2 Å². The van der Waals surface area contributed by atoms with Gasteiger partial charge in [0.05, 0.1) is 12.8 Å². The molecule has 0 spiro atoms. The molecular weight excluding hydrogens is 178 g/mol. The largest absolute Gasteiger partial charge is 0.495 e. The Hall–Kier alpha value is -1.51. The molecule has 0 aliphatic heterocycles. The molecule has 1 aliphatic rings. The second-order valence-electron chi connectivity index (χ2n) is 3.60. The molecule has 1 aliphatic carbocycles. The monoisotopic (exact) mass is 191 g/mol. The van der Waals surface area contributed by atoms with Crippen LogP contribution in [0.5, 0.6) is 5.75 Å². The SMILES string of the molecule is COc1ccc(C(=O)C2CC2)cc1N. The first-order valence-electron chi connectivity index (χ1n) is 4.70. The molecular formula is C11H13NO2. The number of methoxy groups -OCH3 is 1. The van der Waals surface area contributed by atoms with Gasteiger partial charge in [-0.05, 0) is 31.0 Å². The van der Waals surface area contributed by atoms with Gasteiger partial charge in [-0.3, -0.25) is 4.79 Å². The van der Waals surface area contributed by atoms with Gasteiger partial charge in [0, 0.05) is 11.5 Å². The Kier molecular flexibility index (Phi) is 2.15. The van der Waals surface area contributed by atoms with Crippen molar-refractivity contribution in [3.05, 3.63) is 23.8 Å². The number of hydrogen-bond donors (Lipinski definition) is 1. The molecule has 0 saturated heterocycles. The highest BCUT2D eigenvalue weighted by atomic mass is 16.5. The number of carbonyl (C=O) groups excluding carboxylic acids is 1. The first-order valence-corrected chi connectivity index (χ1v) is 4.70. The summed E-state index contributed by atoms with van der Waals surface area (Å²) in [5, 5.41) is 0. The van der Waals surface area contributed by atoms with Gasteiger partial charge in [0.1, 0.15) is 5.75 Å². The number of Topliss-reactive ketones (excluding diaryl/α,β-unsaturated/α-hetero) is 1. The fourth-order valence-corrected chi connectivity index (χ4v) is 1.47. The zero-order valence-electron chi connectivity index (χ0n) is 8.12. The minimum Gasteiger partial charge on any atom is -0.495 e. The van der Waals surface area contributed by atoms with Gasteiger partial charge in [-0.15, -0.1) is 0 Å². The maximum atomic E-state index is 11.7. The highest BCUT2D eigenvalue weighted by molar-refractivity contribution is 6.00. The van der Waals surface area contributed by atoms with E-state index in [1.807, 2.05) is 0 Å². The van der Waals surface area contributed by atoms with Crippen molar-refractivity contribution in [2.75, 3.05) is 12.8 Å². The molecule has 2 rings (SSSR count). The van der Waals surface area contributed by atoms with Gasteiger partial charge in [0.2, 0.25) is 0 Å². The molecule has 0 aromatic heterocycles. The van der Waals surface area contributed by atoms with E-state index in [0.29, 0.717) is 17.0 Å². The van der Waals surface area contributed by atoms with Crippen molar-refractivity contribution in [3.8, 4) is 5.75 Å². The highest BCUT2D eigenvalue weighted by Crippen LogP contribution is 2.34. The maximum Gasteiger partial charge on any atom is 0.166 e. The third-order valence-electron chi connectivity index (χ3n) is 2.46. The molecule has 0 atom stereocenters. The summed E-state index contributed by atoms with van der Waals surface area (Å²) in [6, 6.07) is 5.21. The summed E-state index contributed by atoms with van der Waals surface area (Å²) in [4.78, 5) is 11.7. The summed E-state index contributed by atoms with van der Waals surface area (Å²) in [6.45, 7) is 0. The van der Waals surface area contributed by atoms with Gasteiger partial charge in [-0.1, -0.05) is 0 Å². The zero-order chi connectivity index (χ0) is 10.1. The van der Waals surface area contributed by atoms with Gasteiger partial charge in [0.25, 0.3) is 0 Å². The first kappa shape index (κ1) is 9.06. The number of benzene rings is 1. The van der Waals surface area contributed by atoms with Gasteiger partial charge >= 0.3 is 0 Å². The Morgan fingerprint density at radius 1 is 1.50 bits per heavy atom. The van der Waals surface area contributed by atoms with E-state index in [1.54, 1.807) is 25.3 Å². The van der Waals surface area contributed by atoms with Gasteiger partial charge in [-0.25, -0.2) is 0 Å². The van der Waals surface area contributed by atoms with Crippen LogP contribution >= 0.6 is 0 Å². The molecule has 1 saturated carbocycles. The highest BCUT2D eigenvalue weighted by Gasteiger charge is 2.30. The lowest BCUT2D eigenvalue weighted by molar-refractivity contribution is 0.0967. The van der Waals surface area contributed by atoms with Gasteiger partial charge in [0.15, 0.2) is 5.78 Å². The van der Waals surface area contributed by atoms with Crippen LogP contribution in [-0.2, 0) is 0 Å². The maximum absolute atomic E-state index is 11.7. The number of nitrogens with two attached hydrogens (primary N) is 1. The van der Waals surface area contributed by atoms with E-state index in [-0.39, 0.29) is 11.7 Å². The third-order valence-corrected chi connectivity index (χ3v) is 2.46. The Morgan fingerprint density at radius 2 is 2.21 bits per heavy atom. The molecule has 0 bridgehead atoms. The molecule has 74 valence electrons. The van der Waals surface area contributed by atoms with E-state index >= 15 is 0 Å². The summed E-state index contributed by atoms with van der Waals surface area (Å²) in [5.74, 6) is 1.07. The molecule has 0 radical (unpaired) electrons. The summed E-state index contributed by atoms with van der Waals surface area (Å²) >= 11 is 0. The summed E-state index contributed by atoms with van der Waals surface area (Å²) in [7, 11) is 1.56. The number of nitrogen functional groups attached to an aromatic ring is 1. The zero-order valence-corrected chi connectivity index (χ0v) is 8.12. The van der Waals surface area contributed by atoms with Crippen molar-refractivity contribution in [1.29, 1.82) is 0 Å². The van der Waals surface area contributed by atoms with Crippen LogP contribution in [0.2, 0.25) is 0 Å². The van der Waals surface area contributed by atoms with Crippen LogP contribution in [-0.4, -0.2) is 12.9 Å². The fourth-order valence-electron chi connectivity index (χ4n) is 1.47. The van der Waals surface area contributed by atoms with Gasteiger partial charge < -0.3 is 10.5 Å². The quantitative estimate of drug-likeness (QED) is 0.586. The summed E-state index contributed by atoms with van der Waals surface area (Å²) in [6.07, 6.45) is 2.04. The van der Waals surface area contributed by atoms with E-state index < -0.39 is 0 Å². The Labute approximate surface area is 82.9 Å². The first-order chi connectivity index (χ1) is 6.72. The minimum atomic E-state index is 0.208. The molecule has 3 heteroatoms. The molecule has 2 N–H and O–H groups in total. The smallest absolute Gasteiger partial charge is 0.166 e. The van der Waals surface area contributed by atoms with E-state index in [9.17, 15) is 4.79 Å². The Balaban J connectivity index is 2.27. The van der Waals surface area contributed by atoms with Crippen molar-refractivity contribution in [2.24, 2.45) is 5.92 Å². The predicted octanol–water partition coefficient (Wildman–Crippen LogP) is 1.87. The van der Waals surface area contributed by atoms with Crippen LogP contribution < -0.4 is 10.5 Å². The molecule has 14 heavy (non-hydrogen) atoms. The lowest BCUT2D eigenvalue weighted by Crippen LogP contribution is -2.02. The van der Waals surface area contributed by atoms with Crippen molar-refractivity contribution in [1.82, 2.24) is 0 Å². The number of hydrogen-bond acceptors (Lipinski definition) is 3. The standard InChI is InChI=1S/C11H13NO2/c1-14-10-5-4-8(6-9(10)12)11(13)7-2-3-7/h4-7H,2-3,12H2,1H3. The number of ketones is 1. The molecule has 0 amide bonds.